The third-order valence-corrected chi connectivity index (χ3v) is 5.20. The maximum absolute atomic E-state index is 13.1. The third kappa shape index (κ3) is 3.86. The summed E-state index contributed by atoms with van der Waals surface area (Å²) in [5.74, 6) is 0.383. The van der Waals surface area contributed by atoms with Crippen molar-refractivity contribution >= 4 is 28.3 Å². The lowest BCUT2D eigenvalue weighted by molar-refractivity contribution is 0.602. The summed E-state index contributed by atoms with van der Waals surface area (Å²) in [6.07, 6.45) is 4.67. The number of hydrogen-bond donors (Lipinski definition) is 1. The van der Waals surface area contributed by atoms with E-state index < -0.39 is 0 Å². The summed E-state index contributed by atoms with van der Waals surface area (Å²) in [7, 11) is 0. The van der Waals surface area contributed by atoms with Crippen molar-refractivity contribution < 1.29 is 4.42 Å². The van der Waals surface area contributed by atoms with Gasteiger partial charge in [-0.1, -0.05) is 17.7 Å². The molecule has 0 unspecified atom stereocenters. The predicted molar refractivity (Wildman–Crippen MR) is 119 cm³/mol. The molecule has 0 saturated carbocycles. The lowest BCUT2D eigenvalue weighted by atomic mass is 9.99. The quantitative estimate of drug-likeness (QED) is 0.455. The van der Waals surface area contributed by atoms with Crippen molar-refractivity contribution in [1.29, 1.82) is 5.26 Å². The number of hydrogen-bond acceptors (Lipinski definition) is 7. The molecule has 0 aliphatic rings. The molecule has 1 atom stereocenters. The average molecular weight is 432 g/mol. The van der Waals surface area contributed by atoms with Gasteiger partial charge in [-0.3, -0.25) is 9.78 Å². The molecule has 0 fully saturated rings. The summed E-state index contributed by atoms with van der Waals surface area (Å²) in [6.45, 7) is 5.56. The van der Waals surface area contributed by atoms with Gasteiger partial charge in [0.15, 0.2) is 16.9 Å². The van der Waals surface area contributed by atoms with Crippen molar-refractivity contribution in [2.24, 2.45) is 0 Å². The molecule has 1 N–H and O–H groups in total. The topological polar surface area (TPSA) is 105 Å². The van der Waals surface area contributed by atoms with Crippen LogP contribution < -0.4 is 10.7 Å². The smallest absolute Gasteiger partial charge is 0.196 e. The molecule has 0 aliphatic carbocycles. The molecule has 154 valence electrons. The van der Waals surface area contributed by atoms with Crippen molar-refractivity contribution in [3.63, 3.8) is 0 Å². The number of pyridine rings is 1. The molecule has 4 aromatic rings. The van der Waals surface area contributed by atoms with Crippen molar-refractivity contribution in [2.45, 2.75) is 26.8 Å². The number of aromatic nitrogens is 3. The van der Waals surface area contributed by atoms with E-state index in [-0.39, 0.29) is 22.3 Å². The molecule has 3 heterocycles. The van der Waals surface area contributed by atoms with Gasteiger partial charge in [0.25, 0.3) is 0 Å². The van der Waals surface area contributed by atoms with Crippen LogP contribution in [0.25, 0.3) is 22.4 Å². The standard InChI is InChI=1S/C23H18ClN5O2/c1-12-8-15(14(3)28-17-4-5-20(24)29-18(17)10-25)23-16(9-12)21(30)13(2)22(31-23)19-11-26-6-7-27-19/h4-9,11,14,28H,1-3H3/t14-/m1/s1. The van der Waals surface area contributed by atoms with E-state index >= 15 is 0 Å². The first-order valence-electron chi connectivity index (χ1n) is 9.56. The highest BCUT2D eigenvalue weighted by Crippen LogP contribution is 2.31. The molecular weight excluding hydrogens is 414 g/mol. The number of halogens is 1. The normalized spacial score (nSPS) is 11.8. The first-order valence-corrected chi connectivity index (χ1v) is 9.94. The molecule has 0 amide bonds. The Labute approximate surface area is 183 Å². The molecule has 0 aliphatic heterocycles. The maximum atomic E-state index is 13.1. The zero-order chi connectivity index (χ0) is 22.1. The molecule has 3 aromatic heterocycles. The molecular formula is C23H18ClN5O2. The Morgan fingerprint density at radius 2 is 2.03 bits per heavy atom. The highest BCUT2D eigenvalue weighted by molar-refractivity contribution is 6.29. The van der Waals surface area contributed by atoms with E-state index in [1.165, 1.54) is 0 Å². The Hall–Kier alpha value is -3.76. The van der Waals surface area contributed by atoms with Crippen LogP contribution in [0.1, 0.15) is 35.3 Å². The number of nitriles is 1. The van der Waals surface area contributed by atoms with E-state index in [9.17, 15) is 10.1 Å². The monoisotopic (exact) mass is 431 g/mol. The Morgan fingerprint density at radius 1 is 1.23 bits per heavy atom. The third-order valence-electron chi connectivity index (χ3n) is 4.99. The fourth-order valence-electron chi connectivity index (χ4n) is 3.50. The number of fused-ring (bicyclic) bond motifs is 1. The lowest BCUT2D eigenvalue weighted by Gasteiger charge is -2.19. The minimum absolute atomic E-state index is 0.120. The second kappa shape index (κ2) is 8.17. The number of nitrogens with zero attached hydrogens (tertiary/aromatic N) is 4. The van der Waals surface area contributed by atoms with Gasteiger partial charge in [-0.2, -0.15) is 5.26 Å². The second-order valence-electron chi connectivity index (χ2n) is 7.21. The highest BCUT2D eigenvalue weighted by Gasteiger charge is 2.20. The minimum Gasteiger partial charge on any atom is -0.453 e. The van der Waals surface area contributed by atoms with E-state index in [1.807, 2.05) is 32.0 Å². The van der Waals surface area contributed by atoms with Gasteiger partial charge < -0.3 is 9.73 Å². The Bertz CT molecular complexity index is 1390. The first-order chi connectivity index (χ1) is 14.9. The van der Waals surface area contributed by atoms with Crippen molar-refractivity contribution in [2.75, 3.05) is 5.32 Å². The van der Waals surface area contributed by atoms with E-state index in [1.54, 1.807) is 37.6 Å². The molecule has 31 heavy (non-hydrogen) atoms. The van der Waals surface area contributed by atoms with Crippen LogP contribution >= 0.6 is 11.6 Å². The zero-order valence-corrected chi connectivity index (χ0v) is 17.9. The summed E-state index contributed by atoms with van der Waals surface area (Å²) >= 11 is 5.91. The van der Waals surface area contributed by atoms with Gasteiger partial charge in [0.1, 0.15) is 22.5 Å². The van der Waals surface area contributed by atoms with Crippen LogP contribution in [0.3, 0.4) is 0 Å². The Kier molecular flexibility index (Phi) is 5.40. The molecule has 8 heteroatoms. The van der Waals surface area contributed by atoms with Crippen LogP contribution in [-0.4, -0.2) is 15.0 Å². The van der Waals surface area contributed by atoms with Gasteiger partial charge >= 0.3 is 0 Å². The summed E-state index contributed by atoms with van der Waals surface area (Å²) in [6, 6.07) is 8.83. The average Bonchev–Trinajstić information content (AvgIpc) is 2.77. The number of aryl methyl sites for hydroxylation is 1. The van der Waals surface area contributed by atoms with Crippen LogP contribution in [0, 0.1) is 25.2 Å². The summed E-state index contributed by atoms with van der Waals surface area (Å²) in [4.78, 5) is 25.6. The summed E-state index contributed by atoms with van der Waals surface area (Å²) in [5.41, 5.74) is 3.72. The van der Waals surface area contributed by atoms with Gasteiger partial charge in [-0.25, -0.2) is 9.97 Å². The molecule has 0 saturated heterocycles. The van der Waals surface area contributed by atoms with E-state index in [0.29, 0.717) is 33.7 Å². The second-order valence-corrected chi connectivity index (χ2v) is 7.60. The van der Waals surface area contributed by atoms with Gasteiger partial charge in [0, 0.05) is 23.5 Å². The minimum atomic E-state index is -0.293. The molecule has 7 nitrogen and oxygen atoms in total. The van der Waals surface area contributed by atoms with Crippen molar-refractivity contribution in [3.05, 3.63) is 80.6 Å². The number of anilines is 1. The highest BCUT2D eigenvalue weighted by atomic mass is 35.5. The summed E-state index contributed by atoms with van der Waals surface area (Å²) < 4.78 is 6.24. The van der Waals surface area contributed by atoms with Crippen molar-refractivity contribution in [3.8, 4) is 17.5 Å². The zero-order valence-electron chi connectivity index (χ0n) is 17.1. The van der Waals surface area contributed by atoms with Crippen molar-refractivity contribution in [1.82, 2.24) is 15.0 Å². The van der Waals surface area contributed by atoms with Crippen LogP contribution in [-0.2, 0) is 0 Å². The molecule has 1 aromatic carbocycles. The lowest BCUT2D eigenvalue weighted by Crippen LogP contribution is -2.13. The van der Waals surface area contributed by atoms with Gasteiger partial charge in [-0.05, 0) is 44.5 Å². The van der Waals surface area contributed by atoms with E-state index in [4.69, 9.17) is 16.0 Å². The van der Waals surface area contributed by atoms with Gasteiger partial charge in [-0.15, -0.1) is 0 Å². The van der Waals surface area contributed by atoms with Gasteiger partial charge in [0.05, 0.1) is 23.3 Å². The summed E-state index contributed by atoms with van der Waals surface area (Å²) in [5, 5.41) is 13.4. The van der Waals surface area contributed by atoms with Crippen LogP contribution in [0.15, 0.2) is 52.1 Å². The van der Waals surface area contributed by atoms with Gasteiger partial charge in [0.2, 0.25) is 0 Å². The fourth-order valence-corrected chi connectivity index (χ4v) is 3.65. The maximum Gasteiger partial charge on any atom is 0.196 e. The van der Waals surface area contributed by atoms with Crippen LogP contribution in [0.2, 0.25) is 5.15 Å². The van der Waals surface area contributed by atoms with E-state index in [0.717, 1.165) is 11.1 Å². The van der Waals surface area contributed by atoms with E-state index in [2.05, 4.69) is 20.3 Å². The van der Waals surface area contributed by atoms with Crippen LogP contribution in [0.5, 0.6) is 0 Å². The Morgan fingerprint density at radius 3 is 2.74 bits per heavy atom. The molecule has 0 spiro atoms. The molecule has 0 bridgehead atoms. The largest absolute Gasteiger partial charge is 0.453 e. The molecule has 4 rings (SSSR count). The first kappa shape index (κ1) is 20.5. The van der Waals surface area contributed by atoms with Crippen LogP contribution in [0.4, 0.5) is 5.69 Å². The molecule has 0 radical (unpaired) electrons. The predicted octanol–water partition coefficient (Wildman–Crippen LogP) is 4.96. The Balaban J connectivity index is 1.89. The number of benzene rings is 1. The number of nitrogens with one attached hydrogen (secondary N) is 1. The SMILES string of the molecule is Cc1cc([C@@H](C)Nc2ccc(Cl)nc2C#N)c2oc(-c3cnccn3)c(C)c(=O)c2c1. The number of rotatable bonds is 4. The fraction of sp³-hybridized carbons (Fsp3) is 0.174.